The molecule has 0 bridgehead atoms. The van der Waals surface area contributed by atoms with Crippen LogP contribution in [0.1, 0.15) is 26.3 Å². The van der Waals surface area contributed by atoms with Crippen molar-refractivity contribution in [1.29, 1.82) is 0 Å². The molecule has 0 aromatic heterocycles. The van der Waals surface area contributed by atoms with E-state index in [1.165, 1.54) is 6.21 Å². The van der Waals surface area contributed by atoms with E-state index >= 15 is 0 Å². The Kier molecular flexibility index (Phi) is 7.22. The number of ether oxygens (including phenoxy) is 2. The molecule has 122 valence electrons. The fourth-order valence-corrected chi connectivity index (χ4v) is 1.59. The second-order valence-electron chi connectivity index (χ2n) is 5.22. The third-order valence-electron chi connectivity index (χ3n) is 3.27. The molecule has 0 radical (unpaired) electrons. The van der Waals surface area contributed by atoms with Crippen molar-refractivity contribution < 1.29 is 19.1 Å². The van der Waals surface area contributed by atoms with Crippen molar-refractivity contribution in [3.05, 3.63) is 23.8 Å². The van der Waals surface area contributed by atoms with E-state index in [0.717, 1.165) is 5.56 Å². The normalized spacial score (nSPS) is 12.3. The standard InChI is InChI=1S/C16H24N2O4/c1-11(2)12(3)18-16(19)10-22-17-9-13-6-7-14(20-4)15(8-13)21-5/h6-9,11-12H,10H2,1-5H3,(H,18,19)/b17-9-/t12-/m1/s1. The van der Waals surface area contributed by atoms with Gasteiger partial charge in [0, 0.05) is 11.6 Å². The average molecular weight is 308 g/mol. The molecule has 22 heavy (non-hydrogen) atoms. The van der Waals surface area contributed by atoms with Gasteiger partial charge >= 0.3 is 0 Å². The highest BCUT2D eigenvalue weighted by Crippen LogP contribution is 2.26. The molecule has 0 spiro atoms. The molecule has 1 rings (SSSR count). The Hall–Kier alpha value is -2.24. The zero-order chi connectivity index (χ0) is 16.5. The zero-order valence-corrected chi connectivity index (χ0v) is 13.8. The van der Waals surface area contributed by atoms with Crippen LogP contribution < -0.4 is 14.8 Å². The number of hydrogen-bond acceptors (Lipinski definition) is 5. The molecule has 0 fully saturated rings. The Morgan fingerprint density at radius 2 is 1.91 bits per heavy atom. The molecule has 0 aliphatic heterocycles. The van der Waals surface area contributed by atoms with Gasteiger partial charge in [0.2, 0.25) is 0 Å². The third-order valence-corrected chi connectivity index (χ3v) is 3.27. The minimum atomic E-state index is -0.189. The number of benzene rings is 1. The number of carbonyl (C=O) groups excluding carboxylic acids is 1. The van der Waals surface area contributed by atoms with Gasteiger partial charge in [0.25, 0.3) is 5.91 Å². The highest BCUT2D eigenvalue weighted by Gasteiger charge is 2.10. The maximum absolute atomic E-state index is 11.6. The topological polar surface area (TPSA) is 69.2 Å². The summed E-state index contributed by atoms with van der Waals surface area (Å²) in [5.41, 5.74) is 0.786. The van der Waals surface area contributed by atoms with Crippen molar-refractivity contribution >= 4 is 12.1 Å². The highest BCUT2D eigenvalue weighted by molar-refractivity contribution is 5.81. The van der Waals surface area contributed by atoms with Gasteiger partial charge < -0.3 is 19.6 Å². The molecule has 0 saturated heterocycles. The summed E-state index contributed by atoms with van der Waals surface area (Å²) < 4.78 is 10.3. The molecule has 6 heteroatoms. The Labute approximate surface area is 131 Å². The predicted octanol–water partition coefficient (Wildman–Crippen LogP) is 2.21. The van der Waals surface area contributed by atoms with Gasteiger partial charge in [0.05, 0.1) is 20.4 Å². The van der Waals surface area contributed by atoms with Crippen LogP contribution >= 0.6 is 0 Å². The molecule has 1 atom stereocenters. The number of nitrogens with one attached hydrogen (secondary N) is 1. The number of carbonyl (C=O) groups is 1. The Morgan fingerprint density at radius 3 is 2.50 bits per heavy atom. The Morgan fingerprint density at radius 1 is 1.23 bits per heavy atom. The van der Waals surface area contributed by atoms with Gasteiger partial charge in [-0.1, -0.05) is 19.0 Å². The smallest absolute Gasteiger partial charge is 0.260 e. The molecule has 0 unspecified atom stereocenters. The molecule has 1 aromatic carbocycles. The lowest BCUT2D eigenvalue weighted by Gasteiger charge is -2.16. The molecule has 0 aliphatic rings. The molecule has 0 saturated carbocycles. The second kappa shape index (κ2) is 8.92. The van der Waals surface area contributed by atoms with Crippen LogP contribution in [0.3, 0.4) is 0 Å². The van der Waals surface area contributed by atoms with E-state index in [-0.39, 0.29) is 18.6 Å². The van der Waals surface area contributed by atoms with Crippen molar-refractivity contribution in [1.82, 2.24) is 5.32 Å². The first-order valence-corrected chi connectivity index (χ1v) is 7.14. The quantitative estimate of drug-likeness (QED) is 0.590. The SMILES string of the molecule is COc1ccc(/C=N\OCC(=O)N[C@H](C)C(C)C)cc1OC. The summed E-state index contributed by atoms with van der Waals surface area (Å²) in [6, 6.07) is 5.46. The molecule has 1 amide bonds. The van der Waals surface area contributed by atoms with Gasteiger partial charge in [-0.15, -0.1) is 0 Å². The summed E-state index contributed by atoms with van der Waals surface area (Å²) >= 11 is 0. The van der Waals surface area contributed by atoms with Crippen LogP contribution in [0.4, 0.5) is 0 Å². The summed E-state index contributed by atoms with van der Waals surface area (Å²) in [6.45, 7) is 5.93. The van der Waals surface area contributed by atoms with Crippen molar-refractivity contribution in [2.24, 2.45) is 11.1 Å². The van der Waals surface area contributed by atoms with Gasteiger partial charge in [0.1, 0.15) is 0 Å². The first-order chi connectivity index (χ1) is 10.5. The monoisotopic (exact) mass is 308 g/mol. The van der Waals surface area contributed by atoms with E-state index in [4.69, 9.17) is 14.3 Å². The number of hydrogen-bond donors (Lipinski definition) is 1. The number of nitrogens with zero attached hydrogens (tertiary/aromatic N) is 1. The van der Waals surface area contributed by atoms with Crippen LogP contribution in [0.25, 0.3) is 0 Å². The summed E-state index contributed by atoms with van der Waals surface area (Å²) in [5.74, 6) is 1.43. The van der Waals surface area contributed by atoms with Crippen LogP contribution in [-0.4, -0.2) is 39.0 Å². The van der Waals surface area contributed by atoms with Crippen LogP contribution in [0.2, 0.25) is 0 Å². The molecule has 1 aromatic rings. The van der Waals surface area contributed by atoms with Crippen molar-refractivity contribution in [3.63, 3.8) is 0 Å². The van der Waals surface area contributed by atoms with Gasteiger partial charge in [-0.2, -0.15) is 0 Å². The summed E-state index contributed by atoms with van der Waals surface area (Å²) in [7, 11) is 3.14. The van der Waals surface area contributed by atoms with Gasteiger partial charge in [-0.3, -0.25) is 4.79 Å². The maximum Gasteiger partial charge on any atom is 0.260 e. The zero-order valence-electron chi connectivity index (χ0n) is 13.8. The van der Waals surface area contributed by atoms with E-state index in [2.05, 4.69) is 10.5 Å². The lowest BCUT2D eigenvalue weighted by Crippen LogP contribution is -2.38. The van der Waals surface area contributed by atoms with Gasteiger partial charge in [-0.05, 0) is 31.0 Å². The van der Waals surface area contributed by atoms with E-state index in [1.807, 2.05) is 26.8 Å². The predicted molar refractivity (Wildman–Crippen MR) is 85.5 cm³/mol. The van der Waals surface area contributed by atoms with Crippen LogP contribution in [0, 0.1) is 5.92 Å². The summed E-state index contributed by atoms with van der Waals surface area (Å²) in [5, 5.41) is 6.62. The molecule has 0 heterocycles. The minimum Gasteiger partial charge on any atom is -0.493 e. The fourth-order valence-electron chi connectivity index (χ4n) is 1.59. The molecule has 0 aliphatic carbocycles. The van der Waals surface area contributed by atoms with Crippen LogP contribution in [-0.2, 0) is 9.63 Å². The lowest BCUT2D eigenvalue weighted by atomic mass is 10.1. The first kappa shape index (κ1) is 17.8. The summed E-state index contributed by atoms with van der Waals surface area (Å²) in [4.78, 5) is 16.6. The van der Waals surface area contributed by atoms with Crippen molar-refractivity contribution in [2.45, 2.75) is 26.8 Å². The fraction of sp³-hybridized carbons (Fsp3) is 0.500. The largest absolute Gasteiger partial charge is 0.493 e. The maximum atomic E-state index is 11.6. The van der Waals surface area contributed by atoms with Crippen molar-refractivity contribution in [2.75, 3.05) is 20.8 Å². The van der Waals surface area contributed by atoms with E-state index < -0.39 is 0 Å². The molecule has 1 N–H and O–H groups in total. The molecular formula is C16H24N2O4. The number of rotatable bonds is 8. The molecule has 6 nitrogen and oxygen atoms in total. The van der Waals surface area contributed by atoms with Crippen molar-refractivity contribution in [3.8, 4) is 11.5 Å². The summed E-state index contributed by atoms with van der Waals surface area (Å²) in [6.07, 6.45) is 1.51. The van der Waals surface area contributed by atoms with E-state index in [0.29, 0.717) is 17.4 Å². The Balaban J connectivity index is 2.48. The average Bonchev–Trinajstić information content (AvgIpc) is 2.51. The number of amides is 1. The van der Waals surface area contributed by atoms with E-state index in [1.54, 1.807) is 26.4 Å². The minimum absolute atomic E-state index is 0.103. The third kappa shape index (κ3) is 5.63. The van der Waals surface area contributed by atoms with Gasteiger partial charge in [-0.25, -0.2) is 0 Å². The lowest BCUT2D eigenvalue weighted by molar-refractivity contribution is -0.126. The van der Waals surface area contributed by atoms with E-state index in [9.17, 15) is 4.79 Å². The van der Waals surface area contributed by atoms with Crippen LogP contribution in [0.15, 0.2) is 23.4 Å². The van der Waals surface area contributed by atoms with Crippen LogP contribution in [0.5, 0.6) is 11.5 Å². The van der Waals surface area contributed by atoms with Gasteiger partial charge in [0.15, 0.2) is 18.1 Å². The molecular weight excluding hydrogens is 284 g/mol. The number of oxime groups is 1. The second-order valence-corrected chi connectivity index (χ2v) is 5.22. The Bertz CT molecular complexity index is 515. The number of methoxy groups -OCH3 is 2. The first-order valence-electron chi connectivity index (χ1n) is 7.14. The highest BCUT2D eigenvalue weighted by atomic mass is 16.6.